The molecule has 0 amide bonds. The van der Waals surface area contributed by atoms with Gasteiger partial charge < -0.3 is 4.42 Å². The molecule has 0 saturated heterocycles. The maximum absolute atomic E-state index is 6.47. The van der Waals surface area contributed by atoms with Gasteiger partial charge in [-0.05, 0) is 37.1 Å². The Labute approximate surface area is 325 Å². The van der Waals surface area contributed by atoms with Gasteiger partial charge in [-0.2, -0.15) is 0 Å². The van der Waals surface area contributed by atoms with Crippen LogP contribution in [0.25, 0.3) is 105 Å². The fourth-order valence-corrected chi connectivity index (χ4v) is 8.83. The Morgan fingerprint density at radius 1 is 0.446 bits per heavy atom. The Hall–Kier alpha value is -7.16. The molecule has 0 bridgehead atoms. The fraction of sp³-hybridized carbons (Fsp3) is 0.0417. The summed E-state index contributed by atoms with van der Waals surface area (Å²) < 4.78 is 8.67. The first kappa shape index (κ1) is 32.3. The number of fused-ring (bicyclic) bond motifs is 6. The van der Waals surface area contributed by atoms with Crippen molar-refractivity contribution in [3.63, 3.8) is 0 Å². The second-order valence-electron chi connectivity index (χ2n) is 13.7. The quantitative estimate of drug-likeness (QED) is 0.168. The highest BCUT2D eigenvalue weighted by Gasteiger charge is 2.22. The second-order valence-corrected chi connectivity index (χ2v) is 14.8. The SMILES string of the molecule is C1=CC(c2nc(-c3cccc4c3oc3ccccc34)nc(-c3cccc4sc5c(-c6nc(-c7ccccc7)nc(-c7ccccc7)n6)cccc5c34)n2)=CCC1. The van der Waals surface area contributed by atoms with E-state index >= 15 is 0 Å². The average molecular weight is 739 g/mol. The molecule has 0 fully saturated rings. The molecule has 10 aromatic rings. The minimum atomic E-state index is 0.568. The van der Waals surface area contributed by atoms with Crippen molar-refractivity contribution in [2.24, 2.45) is 0 Å². The zero-order valence-electron chi connectivity index (χ0n) is 29.9. The van der Waals surface area contributed by atoms with Crippen molar-refractivity contribution >= 4 is 59.0 Å². The molecule has 1 aliphatic carbocycles. The lowest BCUT2D eigenvalue weighted by molar-refractivity contribution is 0.669. The van der Waals surface area contributed by atoms with Gasteiger partial charge in [-0.1, -0.05) is 133 Å². The van der Waals surface area contributed by atoms with Crippen LogP contribution in [0.4, 0.5) is 0 Å². The lowest BCUT2D eigenvalue weighted by atomic mass is 10.0. The summed E-state index contributed by atoms with van der Waals surface area (Å²) in [6.07, 6.45) is 8.43. The van der Waals surface area contributed by atoms with Gasteiger partial charge in [-0.25, -0.2) is 29.9 Å². The van der Waals surface area contributed by atoms with Crippen LogP contribution in [0.1, 0.15) is 18.7 Å². The third kappa shape index (κ3) is 5.49. The summed E-state index contributed by atoms with van der Waals surface area (Å²) in [5.74, 6) is 3.69. The first-order valence-electron chi connectivity index (χ1n) is 18.6. The number of thiophene rings is 1. The summed E-state index contributed by atoms with van der Waals surface area (Å²) in [5, 5.41) is 4.25. The number of benzene rings is 6. The highest BCUT2D eigenvalue weighted by molar-refractivity contribution is 7.26. The molecule has 0 N–H and O–H groups in total. The summed E-state index contributed by atoms with van der Waals surface area (Å²) in [4.78, 5) is 30.6. The number of furan rings is 1. The molecule has 0 spiro atoms. The van der Waals surface area contributed by atoms with Crippen LogP contribution in [0.3, 0.4) is 0 Å². The summed E-state index contributed by atoms with van der Waals surface area (Å²) >= 11 is 1.72. The number of hydrogen-bond acceptors (Lipinski definition) is 8. The zero-order chi connectivity index (χ0) is 37.0. The van der Waals surface area contributed by atoms with Crippen LogP contribution in [0.15, 0.2) is 162 Å². The molecule has 0 radical (unpaired) electrons. The van der Waals surface area contributed by atoms with Crippen LogP contribution < -0.4 is 0 Å². The summed E-state index contributed by atoms with van der Waals surface area (Å²) in [6, 6.07) is 47.2. The van der Waals surface area contributed by atoms with Gasteiger partial charge in [-0.15, -0.1) is 11.3 Å². The van der Waals surface area contributed by atoms with Gasteiger partial charge in [0.1, 0.15) is 11.2 Å². The molecular weight excluding hydrogens is 709 g/mol. The standard InChI is InChI=1S/C48H30N6OS/c1-4-15-29(16-5-1)43-49-44(30-17-6-2-7-18-30)53-48(52-43)37-26-13-23-34-40-35(24-14-28-39(40)56-42(34)37)46-50-45(31-19-8-3-9-20-31)51-47(54-46)36-25-12-22-33-32-21-10-11-27-38(32)55-41(33)36/h1-2,4-8,10-28H,3,9H2. The average Bonchev–Trinajstić information content (AvgIpc) is 3.86. The van der Waals surface area contributed by atoms with E-state index in [1.807, 2.05) is 91.0 Å². The Morgan fingerprint density at radius 2 is 1.02 bits per heavy atom. The normalized spacial score (nSPS) is 12.9. The van der Waals surface area contributed by atoms with Gasteiger partial charge in [0.05, 0.1) is 5.56 Å². The van der Waals surface area contributed by atoms with Crippen LogP contribution in [-0.2, 0) is 0 Å². The number of rotatable bonds is 6. The molecule has 1 aliphatic rings. The van der Waals surface area contributed by atoms with E-state index in [-0.39, 0.29) is 0 Å². The first-order valence-corrected chi connectivity index (χ1v) is 19.4. The van der Waals surface area contributed by atoms with Gasteiger partial charge in [0.15, 0.2) is 34.9 Å². The number of aromatic nitrogens is 6. The van der Waals surface area contributed by atoms with E-state index in [0.717, 1.165) is 88.3 Å². The van der Waals surface area contributed by atoms with Crippen molar-refractivity contribution in [3.8, 4) is 56.9 Å². The van der Waals surface area contributed by atoms with E-state index in [1.165, 1.54) is 0 Å². The Kier molecular flexibility index (Phi) is 7.67. The van der Waals surface area contributed by atoms with Crippen LogP contribution in [0.2, 0.25) is 0 Å². The molecule has 264 valence electrons. The third-order valence-corrected chi connectivity index (χ3v) is 11.4. The van der Waals surface area contributed by atoms with E-state index in [9.17, 15) is 0 Å². The van der Waals surface area contributed by atoms with Crippen LogP contribution in [0, 0.1) is 0 Å². The molecule has 11 rings (SSSR count). The van der Waals surface area contributed by atoms with Gasteiger partial charge in [0.25, 0.3) is 0 Å². The van der Waals surface area contributed by atoms with E-state index in [4.69, 9.17) is 34.3 Å². The van der Waals surface area contributed by atoms with Crippen molar-refractivity contribution in [1.82, 2.24) is 29.9 Å². The van der Waals surface area contributed by atoms with Crippen molar-refractivity contribution in [2.75, 3.05) is 0 Å². The molecule has 6 aromatic carbocycles. The van der Waals surface area contributed by atoms with Gasteiger partial charge in [0, 0.05) is 58.8 Å². The molecule has 7 nitrogen and oxygen atoms in total. The minimum Gasteiger partial charge on any atom is -0.455 e. The number of hydrogen-bond donors (Lipinski definition) is 0. The highest BCUT2D eigenvalue weighted by atomic mass is 32.1. The maximum atomic E-state index is 6.47. The van der Waals surface area contributed by atoms with Crippen LogP contribution in [-0.4, -0.2) is 29.9 Å². The molecule has 4 aromatic heterocycles. The Morgan fingerprint density at radius 3 is 1.77 bits per heavy atom. The van der Waals surface area contributed by atoms with Gasteiger partial charge >= 0.3 is 0 Å². The summed E-state index contributed by atoms with van der Waals surface area (Å²) in [6.45, 7) is 0. The van der Waals surface area contributed by atoms with E-state index in [1.54, 1.807) is 11.3 Å². The number of para-hydroxylation sites is 2. The number of allylic oxidation sites excluding steroid dienone is 4. The molecule has 8 heteroatoms. The molecule has 56 heavy (non-hydrogen) atoms. The summed E-state index contributed by atoms with van der Waals surface area (Å²) in [5.41, 5.74) is 7.14. The van der Waals surface area contributed by atoms with Crippen molar-refractivity contribution in [1.29, 1.82) is 0 Å². The van der Waals surface area contributed by atoms with Gasteiger partial charge in [0.2, 0.25) is 0 Å². The molecule has 0 aliphatic heterocycles. The van der Waals surface area contributed by atoms with Crippen molar-refractivity contribution < 1.29 is 4.42 Å². The van der Waals surface area contributed by atoms with Crippen molar-refractivity contribution in [2.45, 2.75) is 12.8 Å². The van der Waals surface area contributed by atoms with E-state index in [2.05, 4.69) is 66.8 Å². The lowest BCUT2D eigenvalue weighted by Gasteiger charge is -2.11. The van der Waals surface area contributed by atoms with Gasteiger partial charge in [-0.3, -0.25) is 0 Å². The zero-order valence-corrected chi connectivity index (χ0v) is 30.7. The third-order valence-electron chi connectivity index (χ3n) is 10.2. The highest BCUT2D eigenvalue weighted by Crippen LogP contribution is 2.44. The topological polar surface area (TPSA) is 90.5 Å². The minimum absolute atomic E-state index is 0.568. The molecule has 0 unspecified atom stereocenters. The summed E-state index contributed by atoms with van der Waals surface area (Å²) in [7, 11) is 0. The maximum Gasteiger partial charge on any atom is 0.167 e. The molecule has 0 saturated carbocycles. The predicted octanol–water partition coefficient (Wildman–Crippen LogP) is 12.4. The molecular formula is C48H30N6OS. The van der Waals surface area contributed by atoms with Crippen LogP contribution >= 0.6 is 11.3 Å². The molecule has 0 atom stereocenters. The Bertz CT molecular complexity index is 3140. The smallest absolute Gasteiger partial charge is 0.167 e. The number of nitrogens with zero attached hydrogens (tertiary/aromatic N) is 6. The second kappa shape index (κ2) is 13.3. The molecule has 4 heterocycles. The first-order chi connectivity index (χ1) is 27.7. The lowest BCUT2D eigenvalue weighted by Crippen LogP contribution is -2.03. The van der Waals surface area contributed by atoms with E-state index in [0.29, 0.717) is 34.9 Å². The van der Waals surface area contributed by atoms with Crippen LogP contribution in [0.5, 0.6) is 0 Å². The fourth-order valence-electron chi connectivity index (χ4n) is 7.59. The van der Waals surface area contributed by atoms with E-state index < -0.39 is 0 Å². The van der Waals surface area contributed by atoms with Crippen molar-refractivity contribution in [3.05, 3.63) is 164 Å². The monoisotopic (exact) mass is 738 g/mol. The predicted molar refractivity (Wildman–Crippen MR) is 227 cm³/mol. The Balaban J connectivity index is 1.12. The largest absolute Gasteiger partial charge is 0.455 e.